The van der Waals surface area contributed by atoms with E-state index in [1.807, 2.05) is 0 Å². The molecule has 3 nitrogen and oxygen atoms in total. The zero-order valence-electron chi connectivity index (χ0n) is 11.2. The first-order valence-corrected chi connectivity index (χ1v) is 6.81. The number of nitrogens with one attached hydrogen (secondary N) is 1. The lowest BCUT2D eigenvalue weighted by Crippen LogP contribution is -2.17. The van der Waals surface area contributed by atoms with E-state index in [0.29, 0.717) is 0 Å². The molecule has 1 heterocycles. The van der Waals surface area contributed by atoms with Crippen molar-refractivity contribution in [2.45, 2.75) is 46.2 Å². The largest absolute Gasteiger partial charge is 0.380 e. The predicted molar refractivity (Wildman–Crippen MR) is 72.2 cm³/mol. The molecule has 1 aromatic heterocycles. The molecule has 98 valence electrons. The Kier molecular flexibility index (Phi) is 7.76. The van der Waals surface area contributed by atoms with Crippen molar-refractivity contribution in [1.29, 1.82) is 0 Å². The standard InChI is InChI=1S/C14H26N2O/c1-3-5-11-17-12-10-16-9-6-7-14(16)13-15-8-4-2/h6-7,9,15H,3-5,8,10-13H2,1-2H3. The summed E-state index contributed by atoms with van der Waals surface area (Å²) in [4.78, 5) is 0. The first-order chi connectivity index (χ1) is 8.38. The normalized spacial score (nSPS) is 10.9. The molecule has 0 saturated carbocycles. The molecule has 0 aliphatic carbocycles. The average molecular weight is 238 g/mol. The van der Waals surface area contributed by atoms with Gasteiger partial charge in [-0.15, -0.1) is 0 Å². The van der Waals surface area contributed by atoms with Crippen LogP contribution in [0.3, 0.4) is 0 Å². The van der Waals surface area contributed by atoms with Crippen molar-refractivity contribution < 1.29 is 4.74 Å². The molecule has 0 atom stereocenters. The smallest absolute Gasteiger partial charge is 0.0645 e. The van der Waals surface area contributed by atoms with Gasteiger partial charge in [-0.25, -0.2) is 0 Å². The third-order valence-corrected chi connectivity index (χ3v) is 2.78. The Morgan fingerprint density at radius 3 is 2.88 bits per heavy atom. The van der Waals surface area contributed by atoms with E-state index in [1.54, 1.807) is 0 Å². The third-order valence-electron chi connectivity index (χ3n) is 2.78. The summed E-state index contributed by atoms with van der Waals surface area (Å²) >= 11 is 0. The van der Waals surface area contributed by atoms with Gasteiger partial charge in [-0.05, 0) is 31.5 Å². The highest BCUT2D eigenvalue weighted by Crippen LogP contribution is 2.02. The van der Waals surface area contributed by atoms with Crippen LogP contribution in [0.4, 0.5) is 0 Å². The molecule has 1 N–H and O–H groups in total. The van der Waals surface area contributed by atoms with Crippen LogP contribution in [0.25, 0.3) is 0 Å². The van der Waals surface area contributed by atoms with E-state index in [2.05, 4.69) is 42.1 Å². The molecule has 0 spiro atoms. The minimum Gasteiger partial charge on any atom is -0.380 e. The van der Waals surface area contributed by atoms with E-state index in [4.69, 9.17) is 4.74 Å². The van der Waals surface area contributed by atoms with Gasteiger partial charge in [-0.1, -0.05) is 20.3 Å². The molecule has 0 fully saturated rings. The van der Waals surface area contributed by atoms with Gasteiger partial charge < -0.3 is 14.6 Å². The highest BCUT2D eigenvalue weighted by molar-refractivity contribution is 5.06. The minimum absolute atomic E-state index is 0.815. The maximum atomic E-state index is 5.59. The molecule has 0 unspecified atom stereocenters. The van der Waals surface area contributed by atoms with E-state index in [0.717, 1.165) is 39.3 Å². The van der Waals surface area contributed by atoms with Gasteiger partial charge in [0, 0.05) is 31.6 Å². The van der Waals surface area contributed by atoms with Crippen molar-refractivity contribution in [3.8, 4) is 0 Å². The quantitative estimate of drug-likeness (QED) is 0.634. The highest BCUT2D eigenvalue weighted by Gasteiger charge is 1.99. The molecule has 1 rings (SSSR count). The average Bonchev–Trinajstić information content (AvgIpc) is 2.77. The van der Waals surface area contributed by atoms with Crippen molar-refractivity contribution in [3.05, 3.63) is 24.0 Å². The lowest BCUT2D eigenvalue weighted by molar-refractivity contribution is 0.123. The number of nitrogens with zero attached hydrogens (tertiary/aromatic N) is 1. The topological polar surface area (TPSA) is 26.2 Å². The van der Waals surface area contributed by atoms with Gasteiger partial charge in [-0.2, -0.15) is 0 Å². The van der Waals surface area contributed by atoms with Gasteiger partial charge in [0.1, 0.15) is 0 Å². The van der Waals surface area contributed by atoms with Crippen LogP contribution in [0.15, 0.2) is 18.3 Å². The summed E-state index contributed by atoms with van der Waals surface area (Å²) in [6.45, 7) is 9.07. The van der Waals surface area contributed by atoms with Crippen LogP contribution in [0, 0.1) is 0 Å². The second-order valence-corrected chi connectivity index (χ2v) is 4.34. The van der Waals surface area contributed by atoms with Crippen LogP contribution in [0.2, 0.25) is 0 Å². The molecule has 17 heavy (non-hydrogen) atoms. The van der Waals surface area contributed by atoms with Crippen LogP contribution >= 0.6 is 0 Å². The van der Waals surface area contributed by atoms with Gasteiger partial charge >= 0.3 is 0 Å². The van der Waals surface area contributed by atoms with Crippen molar-refractivity contribution >= 4 is 0 Å². The summed E-state index contributed by atoms with van der Waals surface area (Å²) in [6, 6.07) is 4.28. The molecular weight excluding hydrogens is 212 g/mol. The predicted octanol–water partition coefficient (Wildman–Crippen LogP) is 2.80. The zero-order valence-corrected chi connectivity index (χ0v) is 11.2. The second-order valence-electron chi connectivity index (χ2n) is 4.34. The second kappa shape index (κ2) is 9.25. The van der Waals surface area contributed by atoms with Gasteiger partial charge in [0.05, 0.1) is 6.61 Å². The Hall–Kier alpha value is -0.800. The van der Waals surface area contributed by atoms with Gasteiger partial charge in [-0.3, -0.25) is 0 Å². The molecule has 0 amide bonds. The van der Waals surface area contributed by atoms with Crippen LogP contribution in [0.1, 0.15) is 38.8 Å². The molecular formula is C14H26N2O. The lowest BCUT2D eigenvalue weighted by atomic mass is 10.4. The number of rotatable bonds is 10. The van der Waals surface area contributed by atoms with E-state index in [9.17, 15) is 0 Å². The first-order valence-electron chi connectivity index (χ1n) is 6.81. The van der Waals surface area contributed by atoms with Crippen molar-refractivity contribution in [1.82, 2.24) is 9.88 Å². The number of aromatic nitrogens is 1. The highest BCUT2D eigenvalue weighted by atomic mass is 16.5. The van der Waals surface area contributed by atoms with Crippen LogP contribution in [-0.4, -0.2) is 24.3 Å². The van der Waals surface area contributed by atoms with E-state index in [-0.39, 0.29) is 0 Å². The van der Waals surface area contributed by atoms with Gasteiger partial charge in [0.15, 0.2) is 0 Å². The fraction of sp³-hybridized carbons (Fsp3) is 0.714. The molecule has 0 aromatic carbocycles. The molecule has 0 saturated heterocycles. The molecule has 0 radical (unpaired) electrons. The summed E-state index contributed by atoms with van der Waals surface area (Å²) in [5.41, 5.74) is 1.34. The molecule has 3 heteroatoms. The molecule has 0 aliphatic rings. The van der Waals surface area contributed by atoms with Gasteiger partial charge in [0.25, 0.3) is 0 Å². The Bertz CT molecular complexity index is 284. The Balaban J connectivity index is 2.20. The van der Waals surface area contributed by atoms with E-state index in [1.165, 1.54) is 18.5 Å². The van der Waals surface area contributed by atoms with E-state index >= 15 is 0 Å². The number of ether oxygens (including phenoxy) is 1. The van der Waals surface area contributed by atoms with E-state index < -0.39 is 0 Å². The third kappa shape index (κ3) is 5.89. The Labute approximate surface area is 105 Å². The van der Waals surface area contributed by atoms with Crippen molar-refractivity contribution in [3.63, 3.8) is 0 Å². The number of hydrogen-bond donors (Lipinski definition) is 1. The Morgan fingerprint density at radius 2 is 2.12 bits per heavy atom. The summed E-state index contributed by atoms with van der Waals surface area (Å²) in [5.74, 6) is 0. The molecule has 0 aliphatic heterocycles. The SMILES string of the molecule is CCCCOCCn1cccc1CNCCC. The van der Waals surface area contributed by atoms with Crippen molar-refractivity contribution in [2.75, 3.05) is 19.8 Å². The number of unbranched alkanes of at least 4 members (excludes halogenated alkanes) is 1. The Morgan fingerprint density at radius 1 is 1.24 bits per heavy atom. The maximum Gasteiger partial charge on any atom is 0.0645 e. The number of hydrogen-bond acceptors (Lipinski definition) is 2. The lowest BCUT2D eigenvalue weighted by Gasteiger charge is -2.10. The van der Waals surface area contributed by atoms with Crippen LogP contribution in [0.5, 0.6) is 0 Å². The van der Waals surface area contributed by atoms with Crippen LogP contribution < -0.4 is 5.32 Å². The summed E-state index contributed by atoms with van der Waals surface area (Å²) in [7, 11) is 0. The molecule has 0 bridgehead atoms. The monoisotopic (exact) mass is 238 g/mol. The zero-order chi connectivity index (χ0) is 12.3. The minimum atomic E-state index is 0.815. The fourth-order valence-electron chi connectivity index (χ4n) is 1.73. The maximum absolute atomic E-state index is 5.59. The summed E-state index contributed by atoms with van der Waals surface area (Å²) < 4.78 is 7.86. The van der Waals surface area contributed by atoms with Crippen LogP contribution in [-0.2, 0) is 17.8 Å². The first kappa shape index (κ1) is 14.3. The summed E-state index contributed by atoms with van der Waals surface area (Å²) in [6.07, 6.45) is 5.68. The summed E-state index contributed by atoms with van der Waals surface area (Å²) in [5, 5.41) is 3.43. The molecule has 1 aromatic rings. The van der Waals surface area contributed by atoms with Crippen molar-refractivity contribution in [2.24, 2.45) is 0 Å². The van der Waals surface area contributed by atoms with Gasteiger partial charge in [0.2, 0.25) is 0 Å². The fourth-order valence-corrected chi connectivity index (χ4v) is 1.73.